The summed E-state index contributed by atoms with van der Waals surface area (Å²) in [4.78, 5) is 25.2. The molecule has 2 aromatic carbocycles. The Bertz CT molecular complexity index is 914. The normalized spacial score (nSPS) is 11.0. The van der Waals surface area contributed by atoms with Crippen molar-refractivity contribution in [1.82, 2.24) is 10.4 Å². The summed E-state index contributed by atoms with van der Waals surface area (Å²) in [5, 5.41) is 15.6. The monoisotopic (exact) mass is 308 g/mol. The quantitative estimate of drug-likeness (QED) is 0.440. The van der Waals surface area contributed by atoms with Gasteiger partial charge in [-0.25, -0.2) is 5.43 Å². The van der Waals surface area contributed by atoms with Crippen LogP contribution >= 0.6 is 0 Å². The van der Waals surface area contributed by atoms with Gasteiger partial charge >= 0.3 is 0 Å². The second-order valence-electron chi connectivity index (χ2n) is 4.80. The molecule has 0 aliphatic carbocycles. The van der Waals surface area contributed by atoms with Crippen molar-refractivity contribution in [1.29, 1.82) is 0 Å². The molecule has 0 bridgehead atoms. The molecule has 7 nitrogen and oxygen atoms in total. The molecular weight excluding hydrogens is 296 g/mol. The van der Waals surface area contributed by atoms with Crippen LogP contribution in [0.15, 0.2) is 59.8 Å². The lowest BCUT2D eigenvalue weighted by Crippen LogP contribution is -2.17. The van der Waals surface area contributed by atoms with Gasteiger partial charge in [-0.1, -0.05) is 24.3 Å². The van der Waals surface area contributed by atoms with Crippen molar-refractivity contribution in [2.45, 2.75) is 0 Å². The van der Waals surface area contributed by atoms with Crippen molar-refractivity contribution in [2.24, 2.45) is 5.10 Å². The van der Waals surface area contributed by atoms with E-state index in [4.69, 9.17) is 0 Å². The number of nitrogens with one attached hydrogen (secondary N) is 2. The molecule has 2 N–H and O–H groups in total. The zero-order chi connectivity index (χ0) is 16.2. The van der Waals surface area contributed by atoms with Crippen LogP contribution in [-0.4, -0.2) is 22.0 Å². The van der Waals surface area contributed by atoms with E-state index in [2.05, 4.69) is 15.5 Å². The van der Waals surface area contributed by atoms with E-state index in [1.807, 2.05) is 24.3 Å². The zero-order valence-corrected chi connectivity index (χ0v) is 11.9. The molecule has 0 unspecified atom stereocenters. The van der Waals surface area contributed by atoms with Gasteiger partial charge in [0.1, 0.15) is 0 Å². The number of aromatic nitrogens is 1. The van der Waals surface area contributed by atoms with E-state index >= 15 is 0 Å². The Labute approximate surface area is 130 Å². The number of nitrogens with zero attached hydrogens (tertiary/aromatic N) is 2. The summed E-state index contributed by atoms with van der Waals surface area (Å²) in [7, 11) is 0. The number of aromatic amines is 1. The Kier molecular flexibility index (Phi) is 3.84. The number of non-ortho nitro benzene ring substituents is 1. The average molecular weight is 308 g/mol. The van der Waals surface area contributed by atoms with Gasteiger partial charge in [0.05, 0.1) is 11.1 Å². The molecule has 3 aromatic rings. The minimum atomic E-state index is -0.550. The predicted molar refractivity (Wildman–Crippen MR) is 86.5 cm³/mol. The van der Waals surface area contributed by atoms with Gasteiger partial charge in [-0.15, -0.1) is 0 Å². The topological polar surface area (TPSA) is 100 Å². The minimum Gasteiger partial charge on any atom is -0.361 e. The lowest BCUT2D eigenvalue weighted by Gasteiger charge is -1.99. The van der Waals surface area contributed by atoms with E-state index < -0.39 is 10.8 Å². The number of nitro benzene ring substituents is 1. The number of nitro groups is 1. The number of fused-ring (bicyclic) bond motifs is 1. The summed E-state index contributed by atoms with van der Waals surface area (Å²) in [6, 6.07) is 13.2. The maximum absolute atomic E-state index is 12.0. The van der Waals surface area contributed by atoms with Crippen LogP contribution in [0.3, 0.4) is 0 Å². The smallest absolute Gasteiger partial charge is 0.271 e. The zero-order valence-electron chi connectivity index (χ0n) is 11.9. The lowest BCUT2D eigenvalue weighted by molar-refractivity contribution is -0.384. The van der Waals surface area contributed by atoms with Crippen molar-refractivity contribution in [2.75, 3.05) is 0 Å². The summed E-state index contributed by atoms with van der Waals surface area (Å²) in [5.74, 6) is -0.509. The highest BCUT2D eigenvalue weighted by Gasteiger charge is 2.10. The summed E-state index contributed by atoms with van der Waals surface area (Å²) in [6.07, 6.45) is 3.31. The molecule has 0 radical (unpaired) electrons. The largest absolute Gasteiger partial charge is 0.361 e. The highest BCUT2D eigenvalue weighted by molar-refractivity contribution is 6.00. The molecule has 7 heteroatoms. The molecule has 0 atom stereocenters. The van der Waals surface area contributed by atoms with E-state index in [-0.39, 0.29) is 11.3 Å². The van der Waals surface area contributed by atoms with Crippen molar-refractivity contribution in [3.8, 4) is 0 Å². The third kappa shape index (κ3) is 3.08. The number of carbonyl (C=O) groups is 1. The average Bonchev–Trinajstić information content (AvgIpc) is 2.98. The second-order valence-corrected chi connectivity index (χ2v) is 4.80. The number of amides is 1. The van der Waals surface area contributed by atoms with Gasteiger partial charge in [-0.2, -0.15) is 5.10 Å². The van der Waals surface area contributed by atoms with Gasteiger partial charge in [0.25, 0.3) is 11.6 Å². The van der Waals surface area contributed by atoms with Gasteiger partial charge in [-0.3, -0.25) is 14.9 Å². The molecule has 1 amide bonds. The molecule has 0 aliphatic heterocycles. The third-order valence-electron chi connectivity index (χ3n) is 3.31. The maximum atomic E-state index is 12.0. The van der Waals surface area contributed by atoms with Crippen LogP contribution in [0.2, 0.25) is 0 Å². The predicted octanol–water partition coefficient (Wildman–Crippen LogP) is 2.84. The highest BCUT2D eigenvalue weighted by Crippen LogP contribution is 2.16. The van der Waals surface area contributed by atoms with Crippen molar-refractivity contribution in [3.63, 3.8) is 0 Å². The number of benzene rings is 2. The van der Waals surface area contributed by atoms with Gasteiger partial charge in [0.15, 0.2) is 0 Å². The van der Waals surface area contributed by atoms with E-state index in [0.717, 1.165) is 16.5 Å². The number of rotatable bonds is 4. The number of hydrogen-bond donors (Lipinski definition) is 2. The van der Waals surface area contributed by atoms with Crippen molar-refractivity contribution >= 4 is 28.7 Å². The fourth-order valence-electron chi connectivity index (χ4n) is 2.19. The van der Waals surface area contributed by atoms with Crippen LogP contribution in [0.4, 0.5) is 5.69 Å². The Morgan fingerprint density at radius 2 is 2.04 bits per heavy atom. The molecule has 1 aromatic heterocycles. The number of carbonyl (C=O) groups excluding carboxylic acids is 1. The molecule has 114 valence electrons. The fraction of sp³-hybridized carbons (Fsp3) is 0. The van der Waals surface area contributed by atoms with Crippen LogP contribution in [0.1, 0.15) is 15.9 Å². The SMILES string of the molecule is O=C(N/N=C\c1c[nH]c2ccccc12)c1cccc([N+](=O)[O-])c1. The summed E-state index contributed by atoms with van der Waals surface area (Å²) >= 11 is 0. The van der Waals surface area contributed by atoms with E-state index in [1.165, 1.54) is 30.5 Å². The Morgan fingerprint density at radius 3 is 2.87 bits per heavy atom. The van der Waals surface area contributed by atoms with Crippen molar-refractivity contribution < 1.29 is 9.72 Å². The van der Waals surface area contributed by atoms with Crippen LogP contribution in [0.5, 0.6) is 0 Å². The maximum Gasteiger partial charge on any atom is 0.271 e. The van der Waals surface area contributed by atoms with Gasteiger partial charge in [0, 0.05) is 40.4 Å². The molecule has 3 rings (SSSR count). The van der Waals surface area contributed by atoms with E-state index in [9.17, 15) is 14.9 Å². The Morgan fingerprint density at radius 1 is 1.22 bits per heavy atom. The Hall–Kier alpha value is -3.48. The summed E-state index contributed by atoms with van der Waals surface area (Å²) < 4.78 is 0. The van der Waals surface area contributed by atoms with Crippen LogP contribution in [0, 0.1) is 10.1 Å². The first kappa shape index (κ1) is 14.5. The minimum absolute atomic E-state index is 0.141. The number of para-hydroxylation sites is 1. The fourth-order valence-corrected chi connectivity index (χ4v) is 2.19. The summed E-state index contributed by atoms with van der Waals surface area (Å²) in [6.45, 7) is 0. The molecule has 0 saturated carbocycles. The first-order chi connectivity index (χ1) is 11.1. The summed E-state index contributed by atoms with van der Waals surface area (Å²) in [5.41, 5.74) is 4.20. The third-order valence-corrected chi connectivity index (χ3v) is 3.31. The first-order valence-corrected chi connectivity index (χ1v) is 6.79. The van der Waals surface area contributed by atoms with Crippen LogP contribution < -0.4 is 5.43 Å². The molecule has 0 saturated heterocycles. The molecular formula is C16H12N4O3. The van der Waals surface area contributed by atoms with E-state index in [0.29, 0.717) is 0 Å². The number of H-pyrrole nitrogens is 1. The second kappa shape index (κ2) is 6.10. The molecule has 23 heavy (non-hydrogen) atoms. The highest BCUT2D eigenvalue weighted by atomic mass is 16.6. The first-order valence-electron chi connectivity index (χ1n) is 6.79. The number of hydrazone groups is 1. The van der Waals surface area contributed by atoms with Gasteiger partial charge in [0.2, 0.25) is 0 Å². The molecule has 1 heterocycles. The van der Waals surface area contributed by atoms with Crippen LogP contribution in [-0.2, 0) is 0 Å². The van der Waals surface area contributed by atoms with Crippen molar-refractivity contribution in [3.05, 3.63) is 76.0 Å². The molecule has 0 spiro atoms. The van der Waals surface area contributed by atoms with Gasteiger partial charge in [-0.05, 0) is 12.1 Å². The van der Waals surface area contributed by atoms with Crippen LogP contribution in [0.25, 0.3) is 10.9 Å². The van der Waals surface area contributed by atoms with Gasteiger partial charge < -0.3 is 4.98 Å². The standard InChI is InChI=1S/C16H12N4O3/c21-16(11-4-3-5-13(8-11)20(22)23)19-18-10-12-9-17-15-7-2-1-6-14(12)15/h1-10,17H,(H,19,21)/b18-10-. The van der Waals surface area contributed by atoms with E-state index in [1.54, 1.807) is 6.20 Å². The molecule has 0 fully saturated rings. The number of hydrogen-bond acceptors (Lipinski definition) is 4. The molecule has 0 aliphatic rings. The Balaban J connectivity index is 1.74. The lowest BCUT2D eigenvalue weighted by atomic mass is 10.2.